The Balaban J connectivity index is 0.00000128. The summed E-state index contributed by atoms with van der Waals surface area (Å²) in [6.07, 6.45) is 9.94. The minimum atomic E-state index is 0. The van der Waals surface area contributed by atoms with Crippen LogP contribution in [0.3, 0.4) is 0 Å². The second-order valence-electron chi connectivity index (χ2n) is 4.50. The zero-order valence-corrected chi connectivity index (χ0v) is 11.4. The standard InChI is InChI=1S/C13H21NS.ClH/c1-2-4-7-12(8-5-3-1)14-11-13-9-6-10-15-13;/h6,9-10,12,14H,1-5,7-8,11H2;1H. The molecule has 92 valence electrons. The molecule has 0 atom stereocenters. The molecule has 3 heteroatoms. The molecule has 0 aliphatic heterocycles. The molecule has 1 aromatic heterocycles. The molecule has 0 saturated heterocycles. The Labute approximate surface area is 109 Å². The fourth-order valence-electron chi connectivity index (χ4n) is 2.32. The van der Waals surface area contributed by atoms with Crippen molar-refractivity contribution < 1.29 is 0 Å². The molecule has 2 rings (SSSR count). The highest BCUT2D eigenvalue weighted by Crippen LogP contribution is 2.18. The van der Waals surface area contributed by atoms with E-state index in [9.17, 15) is 0 Å². The van der Waals surface area contributed by atoms with E-state index >= 15 is 0 Å². The van der Waals surface area contributed by atoms with Gasteiger partial charge < -0.3 is 5.32 Å². The van der Waals surface area contributed by atoms with Gasteiger partial charge in [0.25, 0.3) is 0 Å². The molecule has 1 N–H and O–H groups in total. The molecule has 1 fully saturated rings. The van der Waals surface area contributed by atoms with Gasteiger partial charge in [-0.1, -0.05) is 38.2 Å². The van der Waals surface area contributed by atoms with E-state index in [4.69, 9.17) is 0 Å². The third-order valence-electron chi connectivity index (χ3n) is 3.25. The van der Waals surface area contributed by atoms with Crippen molar-refractivity contribution in [2.24, 2.45) is 0 Å². The predicted molar refractivity (Wildman–Crippen MR) is 74.5 cm³/mol. The Bertz CT molecular complexity index is 253. The fraction of sp³-hybridized carbons (Fsp3) is 0.692. The second-order valence-corrected chi connectivity index (χ2v) is 5.53. The van der Waals surface area contributed by atoms with Crippen LogP contribution in [0.1, 0.15) is 49.8 Å². The first-order chi connectivity index (χ1) is 7.45. The summed E-state index contributed by atoms with van der Waals surface area (Å²) in [4.78, 5) is 1.47. The molecule has 1 aromatic rings. The Morgan fingerprint density at radius 1 is 1.12 bits per heavy atom. The maximum atomic E-state index is 3.70. The van der Waals surface area contributed by atoms with Crippen LogP contribution in [0.5, 0.6) is 0 Å². The Kier molecular flexibility index (Phi) is 7.10. The summed E-state index contributed by atoms with van der Waals surface area (Å²) >= 11 is 1.86. The van der Waals surface area contributed by atoms with E-state index in [2.05, 4.69) is 22.8 Å². The van der Waals surface area contributed by atoms with E-state index in [0.29, 0.717) is 0 Å². The van der Waals surface area contributed by atoms with Gasteiger partial charge in [-0.3, -0.25) is 0 Å². The largest absolute Gasteiger partial charge is 0.309 e. The highest BCUT2D eigenvalue weighted by Gasteiger charge is 2.10. The molecule has 0 amide bonds. The lowest BCUT2D eigenvalue weighted by atomic mass is 9.97. The summed E-state index contributed by atoms with van der Waals surface area (Å²) in [5.41, 5.74) is 0. The quantitative estimate of drug-likeness (QED) is 0.850. The summed E-state index contributed by atoms with van der Waals surface area (Å²) in [6, 6.07) is 5.13. The van der Waals surface area contributed by atoms with Crippen LogP contribution in [-0.4, -0.2) is 6.04 Å². The molecular formula is C13H22ClNS. The van der Waals surface area contributed by atoms with Crippen molar-refractivity contribution in [3.8, 4) is 0 Å². The van der Waals surface area contributed by atoms with Crippen LogP contribution in [0, 0.1) is 0 Å². The zero-order valence-electron chi connectivity index (χ0n) is 9.78. The van der Waals surface area contributed by atoms with Gasteiger partial charge in [0, 0.05) is 17.5 Å². The van der Waals surface area contributed by atoms with Gasteiger partial charge in [-0.05, 0) is 24.3 Å². The predicted octanol–water partition coefficient (Wildman–Crippen LogP) is 4.37. The van der Waals surface area contributed by atoms with Crippen LogP contribution in [0.15, 0.2) is 17.5 Å². The number of hydrogen-bond acceptors (Lipinski definition) is 2. The van der Waals surface area contributed by atoms with Crippen LogP contribution in [0.2, 0.25) is 0 Å². The Morgan fingerprint density at radius 2 is 1.81 bits per heavy atom. The van der Waals surface area contributed by atoms with Crippen molar-refractivity contribution in [2.45, 2.75) is 57.5 Å². The lowest BCUT2D eigenvalue weighted by Crippen LogP contribution is -2.28. The monoisotopic (exact) mass is 259 g/mol. The highest BCUT2D eigenvalue weighted by atomic mass is 35.5. The summed E-state index contributed by atoms with van der Waals surface area (Å²) in [6.45, 7) is 1.07. The summed E-state index contributed by atoms with van der Waals surface area (Å²) in [7, 11) is 0. The smallest absolute Gasteiger partial charge is 0.0302 e. The lowest BCUT2D eigenvalue weighted by Gasteiger charge is -2.20. The number of halogens is 1. The van der Waals surface area contributed by atoms with Crippen LogP contribution in [0.25, 0.3) is 0 Å². The molecule has 0 spiro atoms. The Morgan fingerprint density at radius 3 is 2.44 bits per heavy atom. The molecule has 1 aliphatic carbocycles. The van der Waals surface area contributed by atoms with E-state index in [0.717, 1.165) is 12.6 Å². The van der Waals surface area contributed by atoms with Gasteiger partial charge in [0.05, 0.1) is 0 Å². The minimum absolute atomic E-state index is 0. The van der Waals surface area contributed by atoms with Crippen LogP contribution in [0.4, 0.5) is 0 Å². The van der Waals surface area contributed by atoms with Crippen molar-refractivity contribution in [2.75, 3.05) is 0 Å². The third kappa shape index (κ3) is 4.86. The highest BCUT2D eigenvalue weighted by molar-refractivity contribution is 7.09. The lowest BCUT2D eigenvalue weighted by molar-refractivity contribution is 0.390. The van der Waals surface area contributed by atoms with Gasteiger partial charge in [-0.15, -0.1) is 23.7 Å². The number of hydrogen-bond donors (Lipinski definition) is 1. The fourth-order valence-corrected chi connectivity index (χ4v) is 2.97. The van der Waals surface area contributed by atoms with E-state index < -0.39 is 0 Å². The molecule has 0 unspecified atom stereocenters. The minimum Gasteiger partial charge on any atom is -0.309 e. The van der Waals surface area contributed by atoms with Crippen LogP contribution in [-0.2, 0) is 6.54 Å². The maximum absolute atomic E-state index is 3.70. The van der Waals surface area contributed by atoms with E-state index in [1.54, 1.807) is 0 Å². The molecular weight excluding hydrogens is 238 g/mol. The second kappa shape index (κ2) is 8.10. The van der Waals surface area contributed by atoms with Crippen molar-refractivity contribution in [1.82, 2.24) is 5.32 Å². The molecule has 16 heavy (non-hydrogen) atoms. The van der Waals surface area contributed by atoms with Gasteiger partial charge in [0.15, 0.2) is 0 Å². The van der Waals surface area contributed by atoms with Gasteiger partial charge in [-0.25, -0.2) is 0 Å². The zero-order chi connectivity index (χ0) is 10.3. The molecule has 0 aromatic carbocycles. The first kappa shape index (κ1) is 14.0. The molecule has 1 heterocycles. The van der Waals surface area contributed by atoms with Gasteiger partial charge >= 0.3 is 0 Å². The average molecular weight is 260 g/mol. The molecule has 1 nitrogen and oxygen atoms in total. The number of thiophene rings is 1. The molecule has 1 aliphatic rings. The molecule has 0 radical (unpaired) electrons. The first-order valence-electron chi connectivity index (χ1n) is 6.21. The van der Waals surface area contributed by atoms with E-state index in [1.165, 1.54) is 49.8 Å². The summed E-state index contributed by atoms with van der Waals surface area (Å²) in [5, 5.41) is 5.86. The van der Waals surface area contributed by atoms with E-state index in [-0.39, 0.29) is 12.4 Å². The topological polar surface area (TPSA) is 12.0 Å². The van der Waals surface area contributed by atoms with E-state index in [1.807, 2.05) is 11.3 Å². The normalized spacial score (nSPS) is 18.5. The van der Waals surface area contributed by atoms with Crippen molar-refractivity contribution in [1.29, 1.82) is 0 Å². The van der Waals surface area contributed by atoms with Gasteiger partial charge in [-0.2, -0.15) is 0 Å². The van der Waals surface area contributed by atoms with Crippen LogP contribution >= 0.6 is 23.7 Å². The maximum Gasteiger partial charge on any atom is 0.0302 e. The van der Waals surface area contributed by atoms with Gasteiger partial charge in [0.2, 0.25) is 0 Å². The summed E-state index contributed by atoms with van der Waals surface area (Å²) < 4.78 is 0. The van der Waals surface area contributed by atoms with Crippen molar-refractivity contribution in [3.63, 3.8) is 0 Å². The summed E-state index contributed by atoms with van der Waals surface area (Å²) in [5.74, 6) is 0. The Hall–Kier alpha value is -0.0500. The number of rotatable bonds is 3. The first-order valence-corrected chi connectivity index (χ1v) is 7.09. The SMILES string of the molecule is Cl.c1csc(CNC2CCCCCCC2)c1. The van der Waals surface area contributed by atoms with Crippen LogP contribution < -0.4 is 5.32 Å². The average Bonchev–Trinajstić information content (AvgIpc) is 2.68. The van der Waals surface area contributed by atoms with Crippen molar-refractivity contribution >= 4 is 23.7 Å². The number of nitrogens with one attached hydrogen (secondary N) is 1. The molecule has 1 saturated carbocycles. The van der Waals surface area contributed by atoms with Crippen molar-refractivity contribution in [3.05, 3.63) is 22.4 Å². The van der Waals surface area contributed by atoms with Gasteiger partial charge in [0.1, 0.15) is 0 Å². The molecule has 0 bridgehead atoms. The third-order valence-corrected chi connectivity index (χ3v) is 4.13.